The Morgan fingerprint density at radius 3 is 1.80 bits per heavy atom. The Labute approximate surface area is 28.9 Å². The van der Waals surface area contributed by atoms with E-state index >= 15 is 0 Å². The number of rotatable bonds is 1. The fourth-order valence-corrected chi connectivity index (χ4v) is 0. The van der Waals surface area contributed by atoms with Gasteiger partial charge in [0.1, 0.15) is 0 Å². The highest BCUT2D eigenvalue weighted by molar-refractivity contribution is 5.53. The van der Waals surface area contributed by atoms with Crippen molar-refractivity contribution in [1.29, 1.82) is 0 Å². The fourth-order valence-electron chi connectivity index (χ4n) is 0. The molecule has 0 aliphatic rings. The topological polar surface area (TPSA) is 57.5 Å². The molecule has 29 valence electrons. The van der Waals surface area contributed by atoms with E-state index in [0.717, 1.165) is 6.29 Å². The Hall–Kier alpha value is -0.410. The monoisotopic (exact) mass is 75.0 g/mol. The van der Waals surface area contributed by atoms with E-state index < -0.39 is 6.29 Å². The summed E-state index contributed by atoms with van der Waals surface area (Å²) < 4.78 is 0. The lowest BCUT2D eigenvalue weighted by molar-refractivity contribution is 0.0177. The lowest BCUT2D eigenvalue weighted by Crippen LogP contribution is -2.03. The van der Waals surface area contributed by atoms with Gasteiger partial charge in [0.2, 0.25) is 6.29 Å². The second-order valence-corrected chi connectivity index (χ2v) is 0.492. The molecule has 1 radical (unpaired) electrons. The summed E-state index contributed by atoms with van der Waals surface area (Å²) >= 11 is 0. The van der Waals surface area contributed by atoms with Crippen LogP contribution in [0, 0.1) is 0 Å². The summed E-state index contributed by atoms with van der Waals surface area (Å²) in [5, 5.41) is 15.0. The summed E-state index contributed by atoms with van der Waals surface area (Å²) in [6, 6.07) is 0. The molecule has 0 saturated heterocycles. The van der Waals surface area contributed by atoms with E-state index in [1.165, 1.54) is 0 Å². The van der Waals surface area contributed by atoms with Crippen LogP contribution >= 0.6 is 0 Å². The van der Waals surface area contributed by atoms with Gasteiger partial charge in [-0.25, -0.2) is 0 Å². The van der Waals surface area contributed by atoms with Crippen molar-refractivity contribution in [2.45, 2.75) is 6.29 Å². The van der Waals surface area contributed by atoms with Crippen molar-refractivity contribution in [2.24, 2.45) is 0 Å². The molecule has 3 nitrogen and oxygen atoms in total. The number of hydrogen-bond donors (Lipinski definition) is 2. The first kappa shape index (κ1) is 4.59. The van der Waals surface area contributed by atoms with Crippen molar-refractivity contribution in [1.82, 2.24) is 0 Å². The molecule has 0 spiro atoms. The van der Waals surface area contributed by atoms with Crippen molar-refractivity contribution in [3.8, 4) is 0 Å². The molecule has 2 N–H and O–H groups in total. The van der Waals surface area contributed by atoms with Crippen LogP contribution in [0.5, 0.6) is 0 Å². The van der Waals surface area contributed by atoms with Crippen molar-refractivity contribution >= 4 is 6.29 Å². The van der Waals surface area contributed by atoms with Crippen LogP contribution in [0.2, 0.25) is 0 Å². The van der Waals surface area contributed by atoms with Crippen LogP contribution in [0.4, 0.5) is 0 Å². The molecule has 0 aliphatic carbocycles. The first-order valence-corrected chi connectivity index (χ1v) is 1.01. The quantitative estimate of drug-likeness (QED) is 0.369. The van der Waals surface area contributed by atoms with Crippen LogP contribution in [0.1, 0.15) is 0 Å². The summed E-state index contributed by atoms with van der Waals surface area (Å²) in [7, 11) is 0. The summed E-state index contributed by atoms with van der Waals surface area (Å²) in [6.07, 6.45) is -1.03. The molecule has 0 saturated carbocycles. The highest BCUT2D eigenvalue weighted by atomic mass is 16.5. The maximum atomic E-state index is 8.88. The van der Waals surface area contributed by atoms with Gasteiger partial charge < -0.3 is 10.2 Å². The third-order valence-corrected chi connectivity index (χ3v) is 0.105. The predicted octanol–water partition coefficient (Wildman–Crippen LogP) is -1.59. The Kier molecular flexibility index (Phi) is 1.72. The third kappa shape index (κ3) is 3.59. The largest absolute Gasteiger partial charge is 0.362 e. The average Bonchev–Trinajstić information content (AvgIpc) is 1.38. The minimum Gasteiger partial charge on any atom is -0.362 e. The van der Waals surface area contributed by atoms with Gasteiger partial charge in [-0.15, -0.1) is 0 Å². The van der Waals surface area contributed by atoms with E-state index in [0.29, 0.717) is 0 Å². The predicted molar refractivity (Wildman–Crippen MR) is 13.9 cm³/mol. The Bertz CT molecular complexity index is 31.9. The van der Waals surface area contributed by atoms with Gasteiger partial charge >= 0.3 is 0 Å². The number of aliphatic hydroxyl groups is 2. The molecule has 3 heteroatoms. The second kappa shape index (κ2) is 1.87. The first-order valence-electron chi connectivity index (χ1n) is 1.01. The molecule has 0 fully saturated rings. The van der Waals surface area contributed by atoms with Gasteiger partial charge in [0, 0.05) is 0 Å². The average molecular weight is 75.0 g/mol. The fraction of sp³-hybridized carbons (Fsp3) is 0.500. The standard InChI is InChI=1S/C2H3O3/c3-1-2(4)5/h2,4-5H. The Morgan fingerprint density at radius 2 is 1.80 bits per heavy atom. The molecular formula is C2H3O3. The first-order chi connectivity index (χ1) is 2.27. The zero-order chi connectivity index (χ0) is 4.28. The Morgan fingerprint density at radius 1 is 1.60 bits per heavy atom. The smallest absolute Gasteiger partial charge is 0.259 e. The summed E-state index contributed by atoms with van der Waals surface area (Å²) in [4.78, 5) is 8.88. The Balaban J connectivity index is 2.83. The van der Waals surface area contributed by atoms with E-state index in [4.69, 9.17) is 15.0 Å². The van der Waals surface area contributed by atoms with Crippen molar-refractivity contribution < 1.29 is 15.0 Å². The van der Waals surface area contributed by atoms with Gasteiger partial charge in [-0.3, -0.25) is 4.79 Å². The van der Waals surface area contributed by atoms with Crippen molar-refractivity contribution in [3.05, 3.63) is 0 Å². The summed E-state index contributed by atoms with van der Waals surface area (Å²) in [5.41, 5.74) is 0. The lowest BCUT2D eigenvalue weighted by atomic mass is 10.8. The molecule has 5 heavy (non-hydrogen) atoms. The molecule has 0 rings (SSSR count). The van der Waals surface area contributed by atoms with E-state index in [1.54, 1.807) is 0 Å². The van der Waals surface area contributed by atoms with Gasteiger partial charge in [-0.1, -0.05) is 0 Å². The van der Waals surface area contributed by atoms with Crippen LogP contribution in [0.15, 0.2) is 0 Å². The van der Waals surface area contributed by atoms with Crippen molar-refractivity contribution in [3.63, 3.8) is 0 Å². The zero-order valence-corrected chi connectivity index (χ0v) is 2.38. The third-order valence-electron chi connectivity index (χ3n) is 0.105. The van der Waals surface area contributed by atoms with E-state index in [-0.39, 0.29) is 0 Å². The molecule has 0 unspecified atom stereocenters. The van der Waals surface area contributed by atoms with Crippen LogP contribution in [-0.4, -0.2) is 22.8 Å². The summed E-state index contributed by atoms with van der Waals surface area (Å²) in [5.74, 6) is 0. The maximum Gasteiger partial charge on any atom is 0.259 e. The molecule has 0 aromatic carbocycles. The van der Waals surface area contributed by atoms with Crippen LogP contribution < -0.4 is 0 Å². The lowest BCUT2D eigenvalue weighted by Gasteiger charge is -1.78. The SMILES string of the molecule is O=[C]C(O)O. The molecule has 0 amide bonds. The van der Waals surface area contributed by atoms with Gasteiger partial charge in [0.05, 0.1) is 0 Å². The van der Waals surface area contributed by atoms with Crippen LogP contribution in [0.25, 0.3) is 0 Å². The normalized spacial score (nSPS) is 8.60. The van der Waals surface area contributed by atoms with Gasteiger partial charge in [0.15, 0.2) is 0 Å². The maximum absolute atomic E-state index is 8.88. The second-order valence-electron chi connectivity index (χ2n) is 0.492. The van der Waals surface area contributed by atoms with Crippen LogP contribution in [-0.2, 0) is 4.79 Å². The van der Waals surface area contributed by atoms with Gasteiger partial charge in [-0.2, -0.15) is 0 Å². The molecule has 0 heterocycles. The highest BCUT2D eigenvalue weighted by Crippen LogP contribution is 1.55. The van der Waals surface area contributed by atoms with Crippen molar-refractivity contribution in [2.75, 3.05) is 0 Å². The van der Waals surface area contributed by atoms with Gasteiger partial charge in [0.25, 0.3) is 6.29 Å². The van der Waals surface area contributed by atoms with E-state index in [9.17, 15) is 0 Å². The van der Waals surface area contributed by atoms with E-state index in [1.807, 2.05) is 0 Å². The molecule has 0 atom stereocenters. The summed E-state index contributed by atoms with van der Waals surface area (Å²) in [6.45, 7) is 0. The minimum atomic E-state index is -1.92. The zero-order valence-electron chi connectivity index (χ0n) is 2.38. The number of carbonyl (C=O) groups excluding carboxylic acids is 1. The molecule has 0 aromatic heterocycles. The van der Waals surface area contributed by atoms with Crippen LogP contribution in [0.3, 0.4) is 0 Å². The van der Waals surface area contributed by atoms with Gasteiger partial charge in [-0.05, 0) is 0 Å². The molecule has 0 aliphatic heterocycles. The van der Waals surface area contributed by atoms with E-state index in [2.05, 4.69) is 0 Å². The number of hydrogen-bond acceptors (Lipinski definition) is 3. The molecular weight excluding hydrogens is 72.0 g/mol. The minimum absolute atomic E-state index is 0.889. The number of aliphatic hydroxyl groups excluding tert-OH is 1. The molecule has 0 bridgehead atoms. The molecule has 0 aromatic rings. The highest BCUT2D eigenvalue weighted by Gasteiger charge is 1.86.